The molecule has 1 fully saturated rings. The molecule has 3 heterocycles. The van der Waals surface area contributed by atoms with Crippen molar-refractivity contribution in [3.8, 4) is 6.07 Å². The first-order valence-corrected chi connectivity index (χ1v) is 7.63. The molecule has 3 rings (SSSR count). The lowest BCUT2D eigenvalue weighted by Crippen LogP contribution is -2.41. The summed E-state index contributed by atoms with van der Waals surface area (Å²) in [5.41, 5.74) is 0.822. The minimum absolute atomic E-state index is 0.103. The van der Waals surface area contributed by atoms with Crippen LogP contribution in [0, 0.1) is 25.2 Å². The molecule has 7 heteroatoms. The molecule has 1 aliphatic rings. The molecule has 1 aliphatic heterocycles. The van der Waals surface area contributed by atoms with Crippen LogP contribution in [0.3, 0.4) is 0 Å². The van der Waals surface area contributed by atoms with E-state index in [2.05, 4.69) is 15.1 Å². The summed E-state index contributed by atoms with van der Waals surface area (Å²) in [5, 5.41) is 13.2. The van der Waals surface area contributed by atoms with Crippen LogP contribution < -0.4 is 0 Å². The van der Waals surface area contributed by atoms with Crippen molar-refractivity contribution in [2.75, 3.05) is 13.1 Å². The predicted molar refractivity (Wildman–Crippen MR) is 82.6 cm³/mol. The third-order valence-corrected chi connectivity index (χ3v) is 4.05. The standard InChI is InChI=1S/C16H18N6O/c1-11-19-12(2)22(20-11)14-4-3-7-21(10-14)16(23)15-6-5-13(8-17)9-18-15/h5-6,9,14H,3-4,7,10H2,1-2H3/t14-/m0/s1. The quantitative estimate of drug-likeness (QED) is 0.841. The Balaban J connectivity index is 1.76. The van der Waals surface area contributed by atoms with Gasteiger partial charge in [-0.15, -0.1) is 0 Å². The van der Waals surface area contributed by atoms with E-state index in [0.717, 1.165) is 24.5 Å². The lowest BCUT2D eigenvalue weighted by molar-refractivity contribution is 0.0665. The SMILES string of the molecule is Cc1nc(C)n([C@H]2CCCN(C(=O)c3ccc(C#N)cn3)C2)n1. The Labute approximate surface area is 134 Å². The maximum atomic E-state index is 12.6. The van der Waals surface area contributed by atoms with Crippen molar-refractivity contribution < 1.29 is 4.79 Å². The number of amides is 1. The van der Waals surface area contributed by atoms with E-state index in [4.69, 9.17) is 5.26 Å². The van der Waals surface area contributed by atoms with Gasteiger partial charge in [0.05, 0.1) is 11.6 Å². The van der Waals surface area contributed by atoms with Gasteiger partial charge in [-0.1, -0.05) is 0 Å². The number of hydrogen-bond acceptors (Lipinski definition) is 5. The van der Waals surface area contributed by atoms with E-state index in [0.29, 0.717) is 24.3 Å². The number of carbonyl (C=O) groups is 1. The Morgan fingerprint density at radius 3 is 2.83 bits per heavy atom. The van der Waals surface area contributed by atoms with E-state index in [1.54, 1.807) is 17.0 Å². The van der Waals surface area contributed by atoms with Gasteiger partial charge < -0.3 is 4.90 Å². The van der Waals surface area contributed by atoms with Crippen LogP contribution in [-0.4, -0.2) is 43.6 Å². The minimum Gasteiger partial charge on any atom is -0.335 e. The molecule has 1 atom stereocenters. The molecule has 0 bridgehead atoms. The zero-order valence-electron chi connectivity index (χ0n) is 13.2. The summed E-state index contributed by atoms with van der Waals surface area (Å²) in [6, 6.07) is 5.37. The second-order valence-electron chi connectivity index (χ2n) is 5.74. The van der Waals surface area contributed by atoms with Gasteiger partial charge >= 0.3 is 0 Å². The topological polar surface area (TPSA) is 87.7 Å². The second kappa shape index (κ2) is 6.16. The molecule has 2 aromatic rings. The number of nitrogens with zero attached hydrogens (tertiary/aromatic N) is 6. The van der Waals surface area contributed by atoms with Crippen LogP contribution in [0.1, 0.15) is 46.6 Å². The highest BCUT2D eigenvalue weighted by atomic mass is 16.2. The van der Waals surface area contributed by atoms with E-state index in [1.165, 1.54) is 6.20 Å². The first-order valence-electron chi connectivity index (χ1n) is 7.63. The monoisotopic (exact) mass is 310 g/mol. The molecule has 23 heavy (non-hydrogen) atoms. The van der Waals surface area contributed by atoms with Crippen LogP contribution in [0.5, 0.6) is 0 Å². The van der Waals surface area contributed by atoms with E-state index >= 15 is 0 Å². The van der Waals surface area contributed by atoms with Gasteiger partial charge in [0.15, 0.2) is 0 Å². The number of piperidine rings is 1. The molecule has 0 N–H and O–H groups in total. The highest BCUT2D eigenvalue weighted by Gasteiger charge is 2.27. The summed E-state index contributed by atoms with van der Waals surface area (Å²) >= 11 is 0. The van der Waals surface area contributed by atoms with Crippen LogP contribution >= 0.6 is 0 Å². The van der Waals surface area contributed by atoms with Crippen LogP contribution in [0.25, 0.3) is 0 Å². The molecule has 0 saturated carbocycles. The summed E-state index contributed by atoms with van der Waals surface area (Å²) < 4.78 is 1.92. The maximum Gasteiger partial charge on any atom is 0.272 e. The molecule has 2 aromatic heterocycles. The average Bonchev–Trinajstić information content (AvgIpc) is 2.93. The summed E-state index contributed by atoms with van der Waals surface area (Å²) in [7, 11) is 0. The number of hydrogen-bond donors (Lipinski definition) is 0. The summed E-state index contributed by atoms with van der Waals surface area (Å²) in [6.07, 6.45) is 3.33. The van der Waals surface area contributed by atoms with Crippen LogP contribution in [0.4, 0.5) is 0 Å². The summed E-state index contributed by atoms with van der Waals surface area (Å²) in [5.74, 6) is 1.52. The zero-order chi connectivity index (χ0) is 16.4. The Bertz CT molecular complexity index is 758. The van der Waals surface area contributed by atoms with Gasteiger partial charge in [0.1, 0.15) is 23.4 Å². The third kappa shape index (κ3) is 3.06. The molecular formula is C16H18N6O. The molecule has 7 nitrogen and oxygen atoms in total. The maximum absolute atomic E-state index is 12.6. The molecule has 0 aliphatic carbocycles. The zero-order valence-corrected chi connectivity index (χ0v) is 13.2. The van der Waals surface area contributed by atoms with E-state index in [-0.39, 0.29) is 11.9 Å². The number of likely N-dealkylation sites (tertiary alicyclic amines) is 1. The largest absolute Gasteiger partial charge is 0.335 e. The Kier molecular flexibility index (Phi) is 4.06. The minimum atomic E-state index is -0.103. The van der Waals surface area contributed by atoms with Gasteiger partial charge in [0.25, 0.3) is 5.91 Å². The Morgan fingerprint density at radius 1 is 1.39 bits per heavy atom. The molecule has 0 spiro atoms. The van der Waals surface area contributed by atoms with Crippen molar-refractivity contribution in [2.45, 2.75) is 32.7 Å². The van der Waals surface area contributed by atoms with Crippen LogP contribution in [-0.2, 0) is 0 Å². The first kappa shape index (κ1) is 15.2. The van der Waals surface area contributed by atoms with E-state index < -0.39 is 0 Å². The summed E-state index contributed by atoms with van der Waals surface area (Å²) in [4.78, 5) is 22.8. The average molecular weight is 310 g/mol. The number of pyridine rings is 1. The van der Waals surface area contributed by atoms with Gasteiger partial charge in [0.2, 0.25) is 0 Å². The molecule has 0 aromatic carbocycles. The van der Waals surface area contributed by atoms with Crippen molar-refractivity contribution in [1.29, 1.82) is 5.26 Å². The molecule has 1 saturated heterocycles. The van der Waals surface area contributed by atoms with Gasteiger partial charge in [-0.25, -0.2) is 14.6 Å². The molecule has 1 amide bonds. The second-order valence-corrected chi connectivity index (χ2v) is 5.74. The first-order chi connectivity index (χ1) is 11.1. The molecular weight excluding hydrogens is 292 g/mol. The Morgan fingerprint density at radius 2 is 2.22 bits per heavy atom. The normalized spacial score (nSPS) is 17.8. The van der Waals surface area contributed by atoms with Crippen molar-refractivity contribution in [2.24, 2.45) is 0 Å². The van der Waals surface area contributed by atoms with Gasteiger partial charge in [-0.2, -0.15) is 10.4 Å². The highest BCUT2D eigenvalue weighted by Crippen LogP contribution is 2.23. The molecule has 0 radical (unpaired) electrons. The summed E-state index contributed by atoms with van der Waals surface area (Å²) in [6.45, 7) is 5.12. The number of rotatable bonds is 2. The Hall–Kier alpha value is -2.75. The predicted octanol–water partition coefficient (Wildman–Crippen LogP) is 1.64. The van der Waals surface area contributed by atoms with Crippen molar-refractivity contribution in [3.05, 3.63) is 41.2 Å². The van der Waals surface area contributed by atoms with Gasteiger partial charge in [-0.3, -0.25) is 4.79 Å². The van der Waals surface area contributed by atoms with Gasteiger partial charge in [0, 0.05) is 19.3 Å². The van der Waals surface area contributed by atoms with E-state index in [1.807, 2.05) is 24.6 Å². The lowest BCUT2D eigenvalue weighted by Gasteiger charge is -2.32. The van der Waals surface area contributed by atoms with Crippen molar-refractivity contribution >= 4 is 5.91 Å². The van der Waals surface area contributed by atoms with Crippen molar-refractivity contribution in [1.82, 2.24) is 24.6 Å². The van der Waals surface area contributed by atoms with Crippen molar-refractivity contribution in [3.63, 3.8) is 0 Å². The van der Waals surface area contributed by atoms with Crippen LogP contribution in [0.15, 0.2) is 18.3 Å². The van der Waals surface area contributed by atoms with Gasteiger partial charge in [-0.05, 0) is 38.8 Å². The number of aryl methyl sites for hydroxylation is 2. The number of carbonyl (C=O) groups excluding carboxylic acids is 1. The van der Waals surface area contributed by atoms with Crippen LogP contribution in [0.2, 0.25) is 0 Å². The fourth-order valence-electron chi connectivity index (χ4n) is 2.97. The lowest BCUT2D eigenvalue weighted by atomic mass is 10.1. The third-order valence-electron chi connectivity index (χ3n) is 4.05. The van der Waals surface area contributed by atoms with E-state index in [9.17, 15) is 4.79 Å². The smallest absolute Gasteiger partial charge is 0.272 e. The number of aromatic nitrogens is 4. The molecule has 0 unspecified atom stereocenters. The highest BCUT2D eigenvalue weighted by molar-refractivity contribution is 5.92. The number of nitriles is 1. The fourth-order valence-corrected chi connectivity index (χ4v) is 2.97. The molecule has 118 valence electrons. The fraction of sp³-hybridized carbons (Fsp3) is 0.438.